The molecule has 0 aliphatic carbocycles. The molecular formula is C26H32N4O5. The Balaban J connectivity index is 1.38. The van der Waals surface area contributed by atoms with E-state index in [1.54, 1.807) is 24.3 Å². The number of hydrazone groups is 1. The highest BCUT2D eigenvalue weighted by Crippen LogP contribution is 2.35. The van der Waals surface area contributed by atoms with Crippen molar-refractivity contribution in [2.24, 2.45) is 11.0 Å². The number of carboxylic acids is 1. The smallest absolute Gasteiger partial charge is 0.303 e. The predicted octanol–water partition coefficient (Wildman–Crippen LogP) is 2.30. The van der Waals surface area contributed by atoms with Crippen molar-refractivity contribution >= 4 is 23.8 Å². The third-order valence-electron chi connectivity index (χ3n) is 6.48. The van der Waals surface area contributed by atoms with Gasteiger partial charge < -0.3 is 25.2 Å². The number of carbonyl (C=O) groups is 2. The Bertz CT molecular complexity index is 1060. The number of hydrogen-bond acceptors (Lipinski definition) is 7. The summed E-state index contributed by atoms with van der Waals surface area (Å²) >= 11 is 0. The van der Waals surface area contributed by atoms with E-state index in [1.165, 1.54) is 0 Å². The molecule has 0 radical (unpaired) electrons. The molecule has 4 rings (SSSR count). The third kappa shape index (κ3) is 6.58. The van der Waals surface area contributed by atoms with Gasteiger partial charge in [0.2, 0.25) is 0 Å². The molecule has 1 fully saturated rings. The Morgan fingerprint density at radius 3 is 2.57 bits per heavy atom. The Kier molecular flexibility index (Phi) is 7.99. The minimum absolute atomic E-state index is 0.0366. The zero-order valence-electron chi connectivity index (χ0n) is 19.9. The second-order valence-electron chi connectivity index (χ2n) is 9.13. The van der Waals surface area contributed by atoms with Crippen LogP contribution >= 0.6 is 0 Å². The van der Waals surface area contributed by atoms with Crippen LogP contribution in [0.5, 0.6) is 5.75 Å². The number of fused-ring (bicyclic) bond motifs is 1. The third-order valence-corrected chi connectivity index (χ3v) is 6.48. The number of benzene rings is 2. The fourth-order valence-electron chi connectivity index (χ4n) is 4.44. The fourth-order valence-corrected chi connectivity index (χ4v) is 4.44. The number of aliphatic hydroxyl groups is 1. The highest BCUT2D eigenvalue weighted by atomic mass is 16.5. The van der Waals surface area contributed by atoms with Crippen LogP contribution < -0.4 is 10.1 Å². The van der Waals surface area contributed by atoms with Gasteiger partial charge in [-0.1, -0.05) is 12.1 Å². The van der Waals surface area contributed by atoms with Crippen molar-refractivity contribution in [3.8, 4) is 5.75 Å². The number of ether oxygens (including phenoxy) is 1. The van der Waals surface area contributed by atoms with Gasteiger partial charge in [0, 0.05) is 56.4 Å². The van der Waals surface area contributed by atoms with Crippen molar-refractivity contribution in [3.05, 3.63) is 59.2 Å². The van der Waals surface area contributed by atoms with E-state index in [1.807, 2.05) is 29.4 Å². The number of piperazine rings is 1. The van der Waals surface area contributed by atoms with Crippen molar-refractivity contribution in [3.63, 3.8) is 0 Å². The van der Waals surface area contributed by atoms with E-state index < -0.39 is 5.97 Å². The summed E-state index contributed by atoms with van der Waals surface area (Å²) in [5.74, 6) is -0.707. The Morgan fingerprint density at radius 2 is 1.89 bits per heavy atom. The van der Waals surface area contributed by atoms with Crippen LogP contribution in [-0.2, 0) is 11.2 Å². The molecule has 1 amide bonds. The monoisotopic (exact) mass is 480 g/mol. The number of likely N-dealkylation sites (N-methyl/N-ethyl adjacent to an activating group) is 1. The first-order chi connectivity index (χ1) is 16.9. The number of amides is 1. The zero-order valence-corrected chi connectivity index (χ0v) is 19.9. The van der Waals surface area contributed by atoms with E-state index in [9.17, 15) is 19.8 Å². The summed E-state index contributed by atoms with van der Waals surface area (Å²) in [6.45, 7) is 3.73. The summed E-state index contributed by atoms with van der Waals surface area (Å²) in [4.78, 5) is 26.3. The summed E-state index contributed by atoms with van der Waals surface area (Å²) < 4.78 is 5.96. The van der Waals surface area contributed by atoms with E-state index >= 15 is 0 Å². The number of carboxylic acid groups (broad SMARTS) is 1. The van der Waals surface area contributed by atoms with Crippen LogP contribution in [0.2, 0.25) is 0 Å². The van der Waals surface area contributed by atoms with Crippen molar-refractivity contribution in [1.29, 1.82) is 0 Å². The maximum Gasteiger partial charge on any atom is 0.303 e. The lowest BCUT2D eigenvalue weighted by Gasteiger charge is -2.33. The second kappa shape index (κ2) is 11.3. The van der Waals surface area contributed by atoms with E-state index in [0.717, 1.165) is 37.3 Å². The Morgan fingerprint density at radius 1 is 1.14 bits per heavy atom. The van der Waals surface area contributed by atoms with Crippen LogP contribution in [0.4, 0.5) is 5.69 Å². The second-order valence-corrected chi connectivity index (χ2v) is 9.13. The molecule has 2 atom stereocenters. The number of carbonyl (C=O) groups excluding carboxylic acids is 1. The van der Waals surface area contributed by atoms with Gasteiger partial charge in [-0.3, -0.25) is 14.6 Å². The SMILES string of the molecule is CN1CCN(N=Cc2ccc(C(=O)Nc3ccc4c(c3)CC(CC(=O)O)C(CCO)O4)cc2)CC1. The first-order valence-corrected chi connectivity index (χ1v) is 11.9. The van der Waals surface area contributed by atoms with Gasteiger partial charge in [-0.15, -0.1) is 0 Å². The Hall–Kier alpha value is -3.43. The van der Waals surface area contributed by atoms with Crippen molar-refractivity contribution in [2.75, 3.05) is 45.2 Å². The molecule has 2 aliphatic heterocycles. The minimum Gasteiger partial charge on any atom is -0.490 e. The van der Waals surface area contributed by atoms with Crippen LogP contribution in [0.3, 0.4) is 0 Å². The number of aliphatic carboxylic acids is 1. The molecule has 2 aliphatic rings. The molecule has 9 nitrogen and oxygen atoms in total. The van der Waals surface area contributed by atoms with E-state index in [4.69, 9.17) is 4.74 Å². The lowest BCUT2D eigenvalue weighted by Crippen LogP contribution is -2.41. The van der Waals surface area contributed by atoms with Crippen molar-refractivity contribution in [2.45, 2.75) is 25.4 Å². The van der Waals surface area contributed by atoms with Crippen LogP contribution in [0, 0.1) is 5.92 Å². The van der Waals surface area contributed by atoms with Gasteiger partial charge in [-0.05, 0) is 54.9 Å². The number of rotatable bonds is 8. The van der Waals surface area contributed by atoms with E-state index in [0.29, 0.717) is 29.8 Å². The maximum atomic E-state index is 12.8. The quantitative estimate of drug-likeness (QED) is 0.497. The summed E-state index contributed by atoms with van der Waals surface area (Å²) in [5, 5.41) is 28.0. The average Bonchev–Trinajstić information content (AvgIpc) is 2.84. The summed E-state index contributed by atoms with van der Waals surface area (Å²) in [5.41, 5.74) is 2.92. The summed E-state index contributed by atoms with van der Waals surface area (Å²) in [6, 6.07) is 12.6. The van der Waals surface area contributed by atoms with E-state index in [-0.39, 0.29) is 31.0 Å². The van der Waals surface area contributed by atoms with Gasteiger partial charge in [0.05, 0.1) is 12.6 Å². The van der Waals surface area contributed by atoms with Gasteiger partial charge in [0.25, 0.3) is 5.91 Å². The zero-order chi connectivity index (χ0) is 24.8. The molecule has 186 valence electrons. The van der Waals surface area contributed by atoms with Crippen molar-refractivity contribution in [1.82, 2.24) is 9.91 Å². The molecular weight excluding hydrogens is 448 g/mol. The Labute approximate surface area is 205 Å². The minimum atomic E-state index is -0.897. The summed E-state index contributed by atoms with van der Waals surface area (Å²) in [7, 11) is 2.10. The molecule has 0 aromatic heterocycles. The van der Waals surface area contributed by atoms with Gasteiger partial charge >= 0.3 is 5.97 Å². The average molecular weight is 481 g/mol. The van der Waals surface area contributed by atoms with Gasteiger partial charge in [0.15, 0.2) is 0 Å². The maximum absolute atomic E-state index is 12.8. The molecule has 0 spiro atoms. The number of aliphatic hydroxyl groups excluding tert-OH is 1. The number of nitrogens with zero attached hydrogens (tertiary/aromatic N) is 3. The highest BCUT2D eigenvalue weighted by Gasteiger charge is 2.31. The molecule has 2 heterocycles. The van der Waals surface area contributed by atoms with Gasteiger partial charge in [-0.2, -0.15) is 5.10 Å². The first-order valence-electron chi connectivity index (χ1n) is 11.9. The molecule has 2 unspecified atom stereocenters. The molecule has 2 aromatic carbocycles. The number of nitrogens with one attached hydrogen (secondary N) is 1. The molecule has 3 N–H and O–H groups in total. The van der Waals surface area contributed by atoms with Crippen LogP contribution in [0.15, 0.2) is 47.6 Å². The molecule has 35 heavy (non-hydrogen) atoms. The standard InChI is InChI=1S/C26H32N4O5/c1-29-9-11-30(12-10-29)27-17-18-2-4-19(5-3-18)26(34)28-22-6-7-23-20(15-22)14-21(16-25(32)33)24(35-23)8-13-31/h2-7,15,17,21,24,31H,8-14,16H2,1H3,(H,28,34)(H,32,33). The molecule has 1 saturated heterocycles. The van der Waals surface area contributed by atoms with E-state index in [2.05, 4.69) is 22.4 Å². The largest absolute Gasteiger partial charge is 0.490 e. The molecule has 9 heteroatoms. The summed E-state index contributed by atoms with van der Waals surface area (Å²) in [6.07, 6.45) is 2.32. The lowest BCUT2D eigenvalue weighted by molar-refractivity contribution is -0.139. The van der Waals surface area contributed by atoms with Gasteiger partial charge in [-0.25, -0.2) is 0 Å². The number of anilines is 1. The fraction of sp³-hybridized carbons (Fsp3) is 0.423. The lowest BCUT2D eigenvalue weighted by atomic mass is 9.86. The topological polar surface area (TPSA) is 115 Å². The molecule has 2 aromatic rings. The normalized spacial score (nSPS) is 20.3. The first kappa shape index (κ1) is 24.7. The number of hydrogen-bond donors (Lipinski definition) is 3. The van der Waals surface area contributed by atoms with Gasteiger partial charge in [0.1, 0.15) is 11.9 Å². The van der Waals surface area contributed by atoms with Crippen molar-refractivity contribution < 1.29 is 24.5 Å². The van der Waals surface area contributed by atoms with Crippen LogP contribution in [0.1, 0.15) is 34.3 Å². The predicted molar refractivity (Wildman–Crippen MR) is 133 cm³/mol. The van der Waals surface area contributed by atoms with Crippen LogP contribution in [-0.4, -0.2) is 84.2 Å². The molecule has 0 saturated carbocycles. The van der Waals surface area contributed by atoms with Crippen LogP contribution in [0.25, 0.3) is 0 Å². The molecule has 0 bridgehead atoms. The highest BCUT2D eigenvalue weighted by molar-refractivity contribution is 6.04.